The Balaban J connectivity index is 2.77. The monoisotopic (exact) mass is 254 g/mol. The van der Waals surface area contributed by atoms with Crippen molar-refractivity contribution >= 4 is 5.91 Å². The molecule has 3 nitrogen and oxygen atoms in total. The van der Waals surface area contributed by atoms with Gasteiger partial charge in [-0.05, 0) is 29.7 Å². The summed E-state index contributed by atoms with van der Waals surface area (Å²) in [5.41, 5.74) is 6.00. The summed E-state index contributed by atoms with van der Waals surface area (Å²) in [6.45, 7) is 17.2. The van der Waals surface area contributed by atoms with Gasteiger partial charge in [-0.3, -0.25) is 4.79 Å². The summed E-state index contributed by atoms with van der Waals surface area (Å²) in [5, 5.41) is 0. The average molecular weight is 254 g/mol. The summed E-state index contributed by atoms with van der Waals surface area (Å²) < 4.78 is 0. The number of amides is 1. The highest BCUT2D eigenvalue weighted by molar-refractivity contribution is 5.84. The van der Waals surface area contributed by atoms with Gasteiger partial charge in [0, 0.05) is 19.0 Å². The molecule has 1 aliphatic rings. The van der Waals surface area contributed by atoms with Crippen molar-refractivity contribution in [3.05, 3.63) is 0 Å². The van der Waals surface area contributed by atoms with Crippen LogP contribution in [0.1, 0.15) is 48.5 Å². The molecular weight excluding hydrogens is 224 g/mol. The van der Waals surface area contributed by atoms with Gasteiger partial charge in [0.1, 0.15) is 0 Å². The maximum atomic E-state index is 12.6. The molecular formula is C15H30N2O. The van der Waals surface area contributed by atoms with Crippen LogP contribution in [-0.2, 0) is 4.79 Å². The molecule has 0 aromatic carbocycles. The van der Waals surface area contributed by atoms with Gasteiger partial charge in [-0.25, -0.2) is 0 Å². The standard InChI is InChI=1S/C15H30N2O/c1-8-17(10-13(2,3)9-16)12(18)11-14(4,5)15(11,6)7/h11H,8-10,16H2,1-7H3. The van der Waals surface area contributed by atoms with Gasteiger partial charge in [0.25, 0.3) is 0 Å². The van der Waals surface area contributed by atoms with Crippen LogP contribution in [0, 0.1) is 22.2 Å². The van der Waals surface area contributed by atoms with E-state index in [9.17, 15) is 4.79 Å². The summed E-state index contributed by atoms with van der Waals surface area (Å²) in [7, 11) is 0. The predicted molar refractivity (Wildman–Crippen MR) is 76.1 cm³/mol. The van der Waals surface area contributed by atoms with E-state index in [0.717, 1.165) is 13.1 Å². The Kier molecular flexibility index (Phi) is 3.89. The minimum atomic E-state index is -0.00511. The third-order valence-corrected chi connectivity index (χ3v) is 5.13. The van der Waals surface area contributed by atoms with Crippen molar-refractivity contribution in [1.29, 1.82) is 0 Å². The van der Waals surface area contributed by atoms with Gasteiger partial charge in [-0.2, -0.15) is 0 Å². The second-order valence-electron chi connectivity index (χ2n) is 7.60. The molecule has 0 spiro atoms. The van der Waals surface area contributed by atoms with E-state index in [4.69, 9.17) is 5.73 Å². The summed E-state index contributed by atoms with van der Waals surface area (Å²) in [6.07, 6.45) is 0. The molecule has 0 bridgehead atoms. The molecule has 1 aliphatic carbocycles. The van der Waals surface area contributed by atoms with Crippen molar-refractivity contribution in [2.24, 2.45) is 27.9 Å². The van der Waals surface area contributed by atoms with E-state index < -0.39 is 0 Å². The van der Waals surface area contributed by atoms with Crippen molar-refractivity contribution in [3.8, 4) is 0 Å². The van der Waals surface area contributed by atoms with Crippen molar-refractivity contribution in [2.45, 2.75) is 48.5 Å². The lowest BCUT2D eigenvalue weighted by Crippen LogP contribution is -2.43. The molecule has 0 aromatic rings. The zero-order valence-corrected chi connectivity index (χ0v) is 13.1. The minimum Gasteiger partial charge on any atom is -0.342 e. The Hall–Kier alpha value is -0.570. The van der Waals surface area contributed by atoms with E-state index in [1.807, 2.05) is 11.8 Å². The molecule has 18 heavy (non-hydrogen) atoms. The zero-order valence-electron chi connectivity index (χ0n) is 13.1. The molecule has 0 heterocycles. The first-order chi connectivity index (χ1) is 8.01. The summed E-state index contributed by atoms with van der Waals surface area (Å²) >= 11 is 0. The first-order valence-corrected chi connectivity index (χ1v) is 7.00. The molecule has 0 unspecified atom stereocenters. The van der Waals surface area contributed by atoms with E-state index in [-0.39, 0.29) is 22.2 Å². The van der Waals surface area contributed by atoms with Gasteiger partial charge in [0.05, 0.1) is 0 Å². The Bertz CT molecular complexity index is 317. The second kappa shape index (κ2) is 4.52. The molecule has 3 heteroatoms. The summed E-state index contributed by atoms with van der Waals surface area (Å²) in [5.74, 6) is 0.451. The zero-order chi connectivity index (χ0) is 14.4. The molecule has 0 aromatic heterocycles. The van der Waals surface area contributed by atoms with Crippen LogP contribution in [0.2, 0.25) is 0 Å². The molecule has 0 radical (unpaired) electrons. The number of hydrogen-bond acceptors (Lipinski definition) is 2. The van der Waals surface area contributed by atoms with E-state index in [1.165, 1.54) is 0 Å². The first-order valence-electron chi connectivity index (χ1n) is 7.00. The van der Waals surface area contributed by atoms with Crippen LogP contribution >= 0.6 is 0 Å². The fourth-order valence-electron chi connectivity index (χ4n) is 2.92. The normalized spacial score (nSPS) is 21.8. The molecule has 0 atom stereocenters. The van der Waals surface area contributed by atoms with Crippen molar-refractivity contribution in [2.75, 3.05) is 19.6 Å². The highest BCUT2D eigenvalue weighted by Crippen LogP contribution is 2.68. The average Bonchev–Trinajstić information content (AvgIpc) is 2.65. The molecule has 1 rings (SSSR count). The molecule has 106 valence electrons. The van der Waals surface area contributed by atoms with E-state index in [2.05, 4.69) is 41.5 Å². The Morgan fingerprint density at radius 3 is 1.94 bits per heavy atom. The maximum Gasteiger partial charge on any atom is 0.226 e. The number of rotatable bonds is 5. The van der Waals surface area contributed by atoms with Crippen LogP contribution in [0.15, 0.2) is 0 Å². The van der Waals surface area contributed by atoms with Crippen LogP contribution < -0.4 is 5.73 Å². The number of carbonyl (C=O) groups excluding carboxylic acids is 1. The number of carbonyl (C=O) groups is 1. The maximum absolute atomic E-state index is 12.6. The Morgan fingerprint density at radius 2 is 1.67 bits per heavy atom. The van der Waals surface area contributed by atoms with Gasteiger partial charge in [-0.1, -0.05) is 41.5 Å². The highest BCUT2D eigenvalue weighted by Gasteiger charge is 2.68. The van der Waals surface area contributed by atoms with Crippen LogP contribution in [-0.4, -0.2) is 30.4 Å². The minimum absolute atomic E-state index is 0.00511. The number of nitrogens with two attached hydrogens (primary N) is 1. The van der Waals surface area contributed by atoms with Gasteiger partial charge in [-0.15, -0.1) is 0 Å². The fourth-order valence-corrected chi connectivity index (χ4v) is 2.92. The fraction of sp³-hybridized carbons (Fsp3) is 0.933. The van der Waals surface area contributed by atoms with Crippen molar-refractivity contribution in [3.63, 3.8) is 0 Å². The lowest BCUT2D eigenvalue weighted by atomic mass is 9.92. The lowest BCUT2D eigenvalue weighted by Gasteiger charge is -2.31. The quantitative estimate of drug-likeness (QED) is 0.819. The largest absolute Gasteiger partial charge is 0.342 e. The Labute approximate surface area is 112 Å². The van der Waals surface area contributed by atoms with Crippen LogP contribution in [0.5, 0.6) is 0 Å². The molecule has 0 aliphatic heterocycles. The highest BCUT2D eigenvalue weighted by atomic mass is 16.2. The van der Waals surface area contributed by atoms with Crippen LogP contribution in [0.4, 0.5) is 0 Å². The first kappa shape index (κ1) is 15.5. The van der Waals surface area contributed by atoms with E-state index >= 15 is 0 Å². The topological polar surface area (TPSA) is 46.3 Å². The molecule has 0 saturated heterocycles. The third-order valence-electron chi connectivity index (χ3n) is 5.13. The lowest BCUT2D eigenvalue weighted by molar-refractivity contribution is -0.135. The molecule has 1 amide bonds. The van der Waals surface area contributed by atoms with Crippen LogP contribution in [0.25, 0.3) is 0 Å². The molecule has 2 N–H and O–H groups in total. The predicted octanol–water partition coefficient (Wildman–Crippen LogP) is 2.50. The number of nitrogens with zero attached hydrogens (tertiary/aromatic N) is 1. The van der Waals surface area contributed by atoms with Gasteiger partial charge in [0.2, 0.25) is 5.91 Å². The number of hydrogen-bond donors (Lipinski definition) is 1. The van der Waals surface area contributed by atoms with E-state index in [0.29, 0.717) is 12.5 Å². The molecule has 1 fully saturated rings. The summed E-state index contributed by atoms with van der Waals surface area (Å²) in [4.78, 5) is 14.6. The summed E-state index contributed by atoms with van der Waals surface area (Å²) in [6, 6.07) is 0. The van der Waals surface area contributed by atoms with Crippen molar-refractivity contribution in [1.82, 2.24) is 4.90 Å². The second-order valence-corrected chi connectivity index (χ2v) is 7.60. The smallest absolute Gasteiger partial charge is 0.226 e. The van der Waals surface area contributed by atoms with Crippen molar-refractivity contribution < 1.29 is 4.79 Å². The van der Waals surface area contributed by atoms with Crippen LogP contribution in [0.3, 0.4) is 0 Å². The SMILES string of the molecule is CCN(CC(C)(C)CN)C(=O)C1C(C)(C)C1(C)C. The molecule has 1 saturated carbocycles. The third kappa shape index (κ3) is 2.42. The van der Waals surface area contributed by atoms with Gasteiger partial charge < -0.3 is 10.6 Å². The van der Waals surface area contributed by atoms with Gasteiger partial charge in [0.15, 0.2) is 0 Å². The van der Waals surface area contributed by atoms with Gasteiger partial charge >= 0.3 is 0 Å². The Morgan fingerprint density at radius 1 is 1.22 bits per heavy atom. The van der Waals surface area contributed by atoms with E-state index in [1.54, 1.807) is 0 Å².